The number of hydrogen-bond donors (Lipinski definition) is 2. The fourth-order valence-electron chi connectivity index (χ4n) is 2.42. The van der Waals surface area contributed by atoms with Crippen molar-refractivity contribution in [2.45, 2.75) is 0 Å². The number of ether oxygens (including phenoxy) is 3. The van der Waals surface area contributed by atoms with Crippen LogP contribution in [0.5, 0.6) is 0 Å². The maximum atomic E-state index is 11.9. The Morgan fingerprint density at radius 1 is 1.19 bits per heavy atom. The van der Waals surface area contributed by atoms with Crippen LogP contribution in [0.3, 0.4) is 0 Å². The third kappa shape index (κ3) is 4.73. The van der Waals surface area contributed by atoms with Crippen molar-refractivity contribution in [1.82, 2.24) is 0 Å². The molecule has 1 aliphatic heterocycles. The lowest BCUT2D eigenvalue weighted by Gasteiger charge is -2.29. The molecule has 9 nitrogen and oxygen atoms in total. The SMILES string of the molecule is COC(=O)/C=C(/Nc1cc(N2CCOCC2)ccc1C(=O)O)C(=O)OC. The zero-order valence-corrected chi connectivity index (χ0v) is 14.5. The minimum absolute atomic E-state index is 0.0540. The smallest absolute Gasteiger partial charge is 0.354 e. The first-order chi connectivity index (χ1) is 12.5. The summed E-state index contributed by atoms with van der Waals surface area (Å²) < 4.78 is 14.4. The van der Waals surface area contributed by atoms with Crippen molar-refractivity contribution >= 4 is 29.3 Å². The molecule has 1 aromatic rings. The Bertz CT molecular complexity index is 724. The van der Waals surface area contributed by atoms with E-state index in [0.29, 0.717) is 26.3 Å². The molecule has 0 aromatic heterocycles. The predicted octanol–water partition coefficient (Wildman–Crippen LogP) is 0.863. The molecule has 2 rings (SSSR count). The number of morpholine rings is 1. The average Bonchev–Trinajstić information content (AvgIpc) is 2.67. The summed E-state index contributed by atoms with van der Waals surface area (Å²) in [4.78, 5) is 36.9. The monoisotopic (exact) mass is 364 g/mol. The van der Waals surface area contributed by atoms with E-state index >= 15 is 0 Å². The molecule has 1 fully saturated rings. The van der Waals surface area contributed by atoms with Gasteiger partial charge in [-0.3, -0.25) is 0 Å². The van der Waals surface area contributed by atoms with E-state index < -0.39 is 17.9 Å². The van der Waals surface area contributed by atoms with Gasteiger partial charge in [-0.05, 0) is 18.2 Å². The van der Waals surface area contributed by atoms with Crippen molar-refractivity contribution in [3.63, 3.8) is 0 Å². The van der Waals surface area contributed by atoms with E-state index in [2.05, 4.69) is 14.8 Å². The predicted molar refractivity (Wildman–Crippen MR) is 92.2 cm³/mol. The second-order valence-corrected chi connectivity index (χ2v) is 5.33. The van der Waals surface area contributed by atoms with Gasteiger partial charge in [-0.2, -0.15) is 0 Å². The Labute approximate surface area is 150 Å². The Hall–Kier alpha value is -3.07. The van der Waals surface area contributed by atoms with E-state index in [0.717, 1.165) is 26.0 Å². The van der Waals surface area contributed by atoms with E-state index in [9.17, 15) is 19.5 Å². The van der Waals surface area contributed by atoms with Crippen molar-refractivity contribution < 1.29 is 33.7 Å². The molecule has 140 valence electrons. The first kappa shape index (κ1) is 19.3. The molecule has 0 amide bonds. The van der Waals surface area contributed by atoms with Gasteiger partial charge in [0.15, 0.2) is 0 Å². The molecule has 0 aliphatic carbocycles. The number of esters is 2. The third-order valence-corrected chi connectivity index (χ3v) is 3.75. The highest BCUT2D eigenvalue weighted by Crippen LogP contribution is 2.26. The van der Waals surface area contributed by atoms with Crippen LogP contribution < -0.4 is 10.2 Å². The molecule has 1 aromatic carbocycles. The summed E-state index contributed by atoms with van der Waals surface area (Å²) in [5.41, 5.74) is 0.632. The molecule has 0 bridgehead atoms. The largest absolute Gasteiger partial charge is 0.478 e. The fourth-order valence-corrected chi connectivity index (χ4v) is 2.42. The summed E-state index contributed by atoms with van der Waals surface area (Å²) in [6.45, 7) is 2.46. The molecule has 0 saturated carbocycles. The molecule has 26 heavy (non-hydrogen) atoms. The molecule has 0 atom stereocenters. The normalized spacial score (nSPS) is 14.5. The van der Waals surface area contributed by atoms with Gasteiger partial charge in [-0.1, -0.05) is 0 Å². The van der Waals surface area contributed by atoms with Crippen molar-refractivity contribution in [3.8, 4) is 0 Å². The Balaban J connectivity index is 2.39. The summed E-state index contributed by atoms with van der Waals surface area (Å²) in [5, 5.41) is 12.1. The third-order valence-electron chi connectivity index (χ3n) is 3.75. The van der Waals surface area contributed by atoms with Crippen LogP contribution in [0.4, 0.5) is 11.4 Å². The number of benzene rings is 1. The number of aromatic carboxylic acids is 1. The Kier molecular flexibility index (Phi) is 6.56. The molecule has 2 N–H and O–H groups in total. The van der Waals surface area contributed by atoms with Gasteiger partial charge in [0.1, 0.15) is 5.70 Å². The van der Waals surface area contributed by atoms with Gasteiger partial charge >= 0.3 is 17.9 Å². The number of methoxy groups -OCH3 is 2. The van der Waals surface area contributed by atoms with E-state index in [1.165, 1.54) is 6.07 Å². The first-order valence-corrected chi connectivity index (χ1v) is 7.81. The van der Waals surface area contributed by atoms with Crippen LogP contribution >= 0.6 is 0 Å². The standard InChI is InChI=1S/C17H20N2O7/c1-24-15(20)10-14(17(23)25-2)18-13-9-11(3-4-12(13)16(21)22)19-5-7-26-8-6-19/h3-4,9-10,18H,5-8H2,1-2H3,(H,21,22)/b14-10+. The van der Waals surface area contributed by atoms with Crippen LogP contribution in [0.15, 0.2) is 30.0 Å². The quantitative estimate of drug-likeness (QED) is 0.560. The van der Waals surface area contributed by atoms with Crippen LogP contribution in [-0.4, -0.2) is 63.5 Å². The molecule has 0 unspecified atom stereocenters. The van der Waals surface area contributed by atoms with Gasteiger partial charge in [-0.15, -0.1) is 0 Å². The zero-order chi connectivity index (χ0) is 19.1. The van der Waals surface area contributed by atoms with Crippen LogP contribution in [-0.2, 0) is 23.8 Å². The molecule has 0 radical (unpaired) electrons. The number of nitrogens with one attached hydrogen (secondary N) is 1. The molecule has 1 saturated heterocycles. The highest BCUT2D eigenvalue weighted by Gasteiger charge is 2.19. The summed E-state index contributed by atoms with van der Waals surface area (Å²) in [5.74, 6) is -2.79. The number of nitrogens with zero attached hydrogens (tertiary/aromatic N) is 1. The van der Waals surface area contributed by atoms with E-state index in [1.807, 2.05) is 4.90 Å². The van der Waals surface area contributed by atoms with Gasteiger partial charge in [0.2, 0.25) is 0 Å². The lowest BCUT2D eigenvalue weighted by Crippen LogP contribution is -2.36. The number of rotatable bonds is 6. The molecule has 1 heterocycles. The highest BCUT2D eigenvalue weighted by molar-refractivity contribution is 6.01. The summed E-state index contributed by atoms with van der Waals surface area (Å²) in [6.07, 6.45) is 0.902. The maximum Gasteiger partial charge on any atom is 0.354 e. The molecule has 0 spiro atoms. The average molecular weight is 364 g/mol. The molecule has 1 aliphatic rings. The number of hydrogen-bond acceptors (Lipinski definition) is 8. The van der Waals surface area contributed by atoms with Crippen LogP contribution in [0.25, 0.3) is 0 Å². The second kappa shape index (κ2) is 8.86. The number of anilines is 2. The van der Waals surface area contributed by atoms with E-state index in [4.69, 9.17) is 4.74 Å². The number of carbonyl (C=O) groups is 3. The topological polar surface area (TPSA) is 114 Å². The molecular formula is C17H20N2O7. The number of carboxylic acids is 1. The second-order valence-electron chi connectivity index (χ2n) is 5.33. The van der Waals surface area contributed by atoms with Crippen LogP contribution in [0.1, 0.15) is 10.4 Å². The fraction of sp³-hybridized carbons (Fsp3) is 0.353. The Morgan fingerprint density at radius 2 is 1.88 bits per heavy atom. The lowest BCUT2D eigenvalue weighted by molar-refractivity contribution is -0.138. The van der Waals surface area contributed by atoms with Gasteiger partial charge in [0, 0.05) is 18.8 Å². The molecule has 9 heteroatoms. The van der Waals surface area contributed by atoms with Gasteiger partial charge < -0.3 is 29.5 Å². The minimum atomic E-state index is -1.18. The Morgan fingerprint density at radius 3 is 2.46 bits per heavy atom. The first-order valence-electron chi connectivity index (χ1n) is 7.81. The lowest BCUT2D eigenvalue weighted by atomic mass is 10.1. The zero-order valence-electron chi connectivity index (χ0n) is 14.5. The maximum absolute atomic E-state index is 11.9. The van der Waals surface area contributed by atoms with Crippen molar-refractivity contribution in [2.24, 2.45) is 0 Å². The number of carbonyl (C=O) groups excluding carboxylic acids is 2. The summed E-state index contributed by atoms with van der Waals surface area (Å²) in [6, 6.07) is 4.72. The van der Waals surface area contributed by atoms with E-state index in [-0.39, 0.29) is 16.9 Å². The van der Waals surface area contributed by atoms with E-state index in [1.54, 1.807) is 12.1 Å². The van der Waals surface area contributed by atoms with Gasteiger partial charge in [0.25, 0.3) is 0 Å². The van der Waals surface area contributed by atoms with Gasteiger partial charge in [-0.25, -0.2) is 14.4 Å². The highest BCUT2D eigenvalue weighted by atomic mass is 16.5. The van der Waals surface area contributed by atoms with Crippen LogP contribution in [0.2, 0.25) is 0 Å². The molecular weight excluding hydrogens is 344 g/mol. The van der Waals surface area contributed by atoms with Crippen molar-refractivity contribution in [2.75, 3.05) is 50.7 Å². The summed E-state index contributed by atoms with van der Waals surface area (Å²) >= 11 is 0. The van der Waals surface area contributed by atoms with Crippen molar-refractivity contribution in [3.05, 3.63) is 35.5 Å². The van der Waals surface area contributed by atoms with Crippen molar-refractivity contribution in [1.29, 1.82) is 0 Å². The minimum Gasteiger partial charge on any atom is -0.478 e. The van der Waals surface area contributed by atoms with Gasteiger partial charge in [0.05, 0.1) is 44.8 Å². The summed E-state index contributed by atoms with van der Waals surface area (Å²) in [7, 11) is 2.31. The van der Waals surface area contributed by atoms with Crippen LogP contribution in [0, 0.1) is 0 Å². The number of carboxylic acid groups (broad SMARTS) is 1.